The van der Waals surface area contributed by atoms with E-state index in [-0.39, 0.29) is 35.7 Å². The number of nitro benzene ring substituents is 1. The Labute approximate surface area is 193 Å². The van der Waals surface area contributed by atoms with Gasteiger partial charge in [0.05, 0.1) is 17.0 Å². The molecule has 0 aliphatic heterocycles. The molecule has 0 unspecified atom stereocenters. The van der Waals surface area contributed by atoms with Gasteiger partial charge in [0, 0.05) is 30.6 Å². The first-order chi connectivity index (χ1) is 16.7. The number of carbonyl (C=O) groups excluding carboxylic acids is 1. The fourth-order valence-electron chi connectivity index (χ4n) is 3.04. The number of hydrogen-bond acceptors (Lipinski definition) is 6. The van der Waals surface area contributed by atoms with Crippen molar-refractivity contribution in [2.24, 2.45) is 0 Å². The van der Waals surface area contributed by atoms with Crippen LogP contribution in [-0.4, -0.2) is 30.4 Å². The highest BCUT2D eigenvalue weighted by Gasteiger charge is 2.20. The molecular weight excluding hydrogens is 476 g/mol. The second-order valence-corrected chi connectivity index (χ2v) is 7.04. The van der Waals surface area contributed by atoms with Crippen LogP contribution in [-0.2, 0) is 13.3 Å². The van der Waals surface area contributed by atoms with Crippen molar-refractivity contribution >= 4 is 17.4 Å². The van der Waals surface area contributed by atoms with E-state index in [9.17, 15) is 32.5 Å². The number of anilines is 1. The van der Waals surface area contributed by atoms with E-state index in [0.29, 0.717) is 0 Å². The Kier molecular flexibility index (Phi) is 6.44. The normalized spacial score (nSPS) is 10.9. The number of nitro groups is 1. The fourth-order valence-corrected chi connectivity index (χ4v) is 3.04. The zero-order valence-electron chi connectivity index (χ0n) is 17.5. The molecule has 4 rings (SSSR count). The zero-order valence-corrected chi connectivity index (χ0v) is 17.5. The molecule has 0 spiro atoms. The van der Waals surface area contributed by atoms with Crippen LogP contribution in [0.4, 0.5) is 29.1 Å². The minimum atomic E-state index is -1.54. The Morgan fingerprint density at radius 3 is 2.40 bits per heavy atom. The summed E-state index contributed by atoms with van der Waals surface area (Å²) < 4.78 is 62.1. The van der Waals surface area contributed by atoms with Gasteiger partial charge in [0.25, 0.3) is 5.91 Å². The van der Waals surface area contributed by atoms with Gasteiger partial charge < -0.3 is 10.1 Å². The van der Waals surface area contributed by atoms with E-state index in [0.717, 1.165) is 4.68 Å². The molecule has 2 heterocycles. The lowest BCUT2D eigenvalue weighted by Gasteiger charge is -2.07. The van der Waals surface area contributed by atoms with E-state index in [2.05, 4.69) is 15.5 Å². The molecule has 4 aromatic rings. The number of nitrogens with one attached hydrogen (secondary N) is 1. The van der Waals surface area contributed by atoms with Gasteiger partial charge in [-0.15, -0.1) is 0 Å². The Bertz CT molecular complexity index is 1390. The van der Waals surface area contributed by atoms with E-state index in [1.807, 2.05) is 0 Å². The number of carbonyl (C=O) groups is 1. The molecule has 14 heteroatoms. The first kappa shape index (κ1) is 23.4. The zero-order chi connectivity index (χ0) is 25.1. The van der Waals surface area contributed by atoms with Gasteiger partial charge in [0.2, 0.25) is 0 Å². The molecule has 1 amide bonds. The van der Waals surface area contributed by atoms with E-state index in [4.69, 9.17) is 4.74 Å². The second-order valence-electron chi connectivity index (χ2n) is 7.04. The summed E-state index contributed by atoms with van der Waals surface area (Å²) >= 11 is 0. The number of amides is 1. The summed E-state index contributed by atoms with van der Waals surface area (Å²) in [6.45, 7) is -0.839. The van der Waals surface area contributed by atoms with Crippen molar-refractivity contribution < 1.29 is 32.0 Å². The first-order valence-corrected chi connectivity index (χ1v) is 9.79. The van der Waals surface area contributed by atoms with Crippen molar-refractivity contribution in [2.45, 2.75) is 13.3 Å². The standard InChI is InChI=1S/C21H14F4N6O4/c22-13-9-14(23)20(25)12(19(13)24)10-29-8-6-18(28-29)26-21(32)15-5-7-30(27-15)11-35-17-4-2-1-3-16(17)31(33)34/h1-9H,10-11H2,(H,26,28,32). The molecule has 0 fully saturated rings. The van der Waals surface area contributed by atoms with Crippen LogP contribution in [0.25, 0.3) is 0 Å². The number of para-hydroxylation sites is 2. The van der Waals surface area contributed by atoms with E-state index < -0.39 is 46.2 Å². The van der Waals surface area contributed by atoms with Crippen LogP contribution in [0.15, 0.2) is 54.9 Å². The van der Waals surface area contributed by atoms with Crippen molar-refractivity contribution in [3.63, 3.8) is 0 Å². The third kappa shape index (κ3) is 5.10. The molecule has 0 aliphatic carbocycles. The molecule has 180 valence electrons. The molecule has 0 radical (unpaired) electrons. The van der Waals surface area contributed by atoms with Crippen molar-refractivity contribution in [3.8, 4) is 5.75 Å². The van der Waals surface area contributed by atoms with Gasteiger partial charge in [-0.25, -0.2) is 22.2 Å². The lowest BCUT2D eigenvalue weighted by atomic mass is 10.2. The van der Waals surface area contributed by atoms with Gasteiger partial charge in [-0.3, -0.25) is 19.6 Å². The number of benzene rings is 2. The molecule has 2 aromatic carbocycles. The molecule has 2 aromatic heterocycles. The quantitative estimate of drug-likeness (QED) is 0.173. The largest absolute Gasteiger partial charge is 0.464 e. The first-order valence-electron chi connectivity index (χ1n) is 9.79. The average molecular weight is 490 g/mol. The second kappa shape index (κ2) is 9.62. The van der Waals surface area contributed by atoms with Crippen LogP contribution in [0.2, 0.25) is 0 Å². The lowest BCUT2D eigenvalue weighted by Crippen LogP contribution is -2.15. The summed E-state index contributed by atoms with van der Waals surface area (Å²) in [5, 5.41) is 21.4. The number of hydrogen-bond donors (Lipinski definition) is 1. The van der Waals surface area contributed by atoms with Gasteiger partial charge in [0.1, 0.15) is 0 Å². The van der Waals surface area contributed by atoms with Crippen molar-refractivity contribution in [1.82, 2.24) is 19.6 Å². The number of halogens is 4. The van der Waals surface area contributed by atoms with Crippen molar-refractivity contribution in [2.75, 3.05) is 5.32 Å². The van der Waals surface area contributed by atoms with Gasteiger partial charge in [-0.2, -0.15) is 10.2 Å². The Morgan fingerprint density at radius 2 is 1.69 bits per heavy atom. The summed E-state index contributed by atoms with van der Waals surface area (Å²) in [6.07, 6.45) is 2.66. The number of rotatable bonds is 8. The van der Waals surface area contributed by atoms with Crippen LogP contribution < -0.4 is 10.1 Å². The van der Waals surface area contributed by atoms with Gasteiger partial charge in [-0.1, -0.05) is 12.1 Å². The van der Waals surface area contributed by atoms with Crippen molar-refractivity contribution in [1.29, 1.82) is 0 Å². The summed E-state index contributed by atoms with van der Waals surface area (Å²) in [4.78, 5) is 22.9. The minimum absolute atomic E-state index is 0.0154. The fraction of sp³-hybridized carbons (Fsp3) is 0.0952. The maximum absolute atomic E-state index is 13.9. The van der Waals surface area contributed by atoms with Gasteiger partial charge >= 0.3 is 5.69 Å². The topological polar surface area (TPSA) is 117 Å². The Hall–Kier alpha value is -4.75. The molecule has 1 N–H and O–H groups in total. The Morgan fingerprint density at radius 1 is 1.00 bits per heavy atom. The molecule has 0 saturated carbocycles. The average Bonchev–Trinajstić information content (AvgIpc) is 3.49. The molecule has 0 atom stereocenters. The summed E-state index contributed by atoms with van der Waals surface area (Å²) in [7, 11) is 0. The van der Waals surface area contributed by atoms with Crippen LogP contribution in [0.5, 0.6) is 5.75 Å². The van der Waals surface area contributed by atoms with Gasteiger partial charge in [0.15, 0.2) is 47.3 Å². The molecule has 0 bridgehead atoms. The molecule has 0 saturated heterocycles. The summed E-state index contributed by atoms with van der Waals surface area (Å²) in [5.74, 6) is -6.85. The van der Waals surface area contributed by atoms with Crippen LogP contribution in [0, 0.1) is 33.4 Å². The van der Waals surface area contributed by atoms with E-state index in [1.54, 1.807) is 6.07 Å². The van der Waals surface area contributed by atoms with Crippen LogP contribution in [0.1, 0.15) is 16.1 Å². The highest BCUT2D eigenvalue weighted by atomic mass is 19.2. The van der Waals surface area contributed by atoms with Gasteiger partial charge in [-0.05, 0) is 12.1 Å². The summed E-state index contributed by atoms with van der Waals surface area (Å²) in [5.41, 5.74) is -1.13. The monoisotopic (exact) mass is 490 g/mol. The SMILES string of the molecule is O=C(Nc1ccn(Cc2c(F)c(F)cc(F)c2F)n1)c1ccn(COc2ccccc2[N+](=O)[O-])n1. The third-order valence-corrected chi connectivity index (χ3v) is 4.69. The number of ether oxygens (including phenoxy) is 1. The predicted octanol–water partition coefficient (Wildman–Crippen LogP) is 3.88. The smallest absolute Gasteiger partial charge is 0.311 e. The predicted molar refractivity (Wildman–Crippen MR) is 112 cm³/mol. The van der Waals surface area contributed by atoms with Crippen LogP contribution in [0.3, 0.4) is 0 Å². The third-order valence-electron chi connectivity index (χ3n) is 4.69. The number of aromatic nitrogens is 4. The van der Waals surface area contributed by atoms with E-state index in [1.165, 1.54) is 47.4 Å². The Balaban J connectivity index is 1.39. The lowest BCUT2D eigenvalue weighted by molar-refractivity contribution is -0.386. The molecule has 0 aliphatic rings. The molecular formula is C21H14F4N6O4. The highest BCUT2D eigenvalue weighted by molar-refractivity contribution is 6.02. The number of nitrogens with zero attached hydrogens (tertiary/aromatic N) is 5. The maximum Gasteiger partial charge on any atom is 0.311 e. The summed E-state index contributed by atoms with van der Waals surface area (Å²) in [6, 6.07) is 8.52. The maximum atomic E-state index is 13.9. The van der Waals surface area contributed by atoms with Crippen molar-refractivity contribution in [3.05, 3.63) is 99.5 Å². The van der Waals surface area contributed by atoms with Crippen LogP contribution >= 0.6 is 0 Å². The molecule has 35 heavy (non-hydrogen) atoms. The molecule has 10 nitrogen and oxygen atoms in total. The highest BCUT2D eigenvalue weighted by Crippen LogP contribution is 2.26. The van der Waals surface area contributed by atoms with E-state index >= 15 is 0 Å². The minimum Gasteiger partial charge on any atom is -0.464 e.